The van der Waals surface area contributed by atoms with Crippen LogP contribution in [-0.4, -0.2) is 36.0 Å². The molecule has 0 saturated carbocycles. The second kappa shape index (κ2) is 7.45. The fourth-order valence-electron chi connectivity index (χ4n) is 3.92. The molecule has 0 spiro atoms. The Hall–Kier alpha value is -1.83. The molecule has 6 nitrogen and oxygen atoms in total. The molecule has 150 valence electrons. The molecule has 5 rings (SSSR count). The van der Waals surface area contributed by atoms with E-state index in [1.54, 1.807) is 11.8 Å². The van der Waals surface area contributed by atoms with Gasteiger partial charge < -0.3 is 0 Å². The van der Waals surface area contributed by atoms with Gasteiger partial charge in [-0.25, -0.2) is 0 Å². The minimum absolute atomic E-state index is 0.168. The lowest BCUT2D eigenvalue weighted by atomic mass is 10.00. The number of hydrogen-bond donors (Lipinski definition) is 1. The Kier molecular flexibility index (Phi) is 4.92. The largest absolute Gasteiger partial charge is 0.282 e. The van der Waals surface area contributed by atoms with Crippen molar-refractivity contribution in [2.24, 2.45) is 11.0 Å². The molecule has 2 aliphatic rings. The molecule has 1 N–H and O–H groups in total. The summed E-state index contributed by atoms with van der Waals surface area (Å²) in [4.78, 5) is 0. The zero-order valence-corrected chi connectivity index (χ0v) is 18.4. The van der Waals surface area contributed by atoms with E-state index in [4.69, 9.17) is 28.3 Å². The Morgan fingerprint density at radius 3 is 2.86 bits per heavy atom. The van der Waals surface area contributed by atoms with Gasteiger partial charge in [-0.15, -0.1) is 10.2 Å². The van der Waals surface area contributed by atoms with Crippen molar-refractivity contribution in [3.8, 4) is 11.5 Å². The lowest BCUT2D eigenvalue weighted by Crippen LogP contribution is -2.26. The van der Waals surface area contributed by atoms with Crippen LogP contribution in [0.25, 0.3) is 11.5 Å². The normalized spacial score (nSPS) is 18.1. The zero-order valence-electron chi connectivity index (χ0n) is 16.1. The number of aromatic nitrogens is 5. The van der Waals surface area contributed by atoms with Gasteiger partial charge in [-0.1, -0.05) is 54.9 Å². The number of thioether (sulfide) groups is 1. The highest BCUT2D eigenvalue weighted by Gasteiger charge is 2.32. The molecule has 9 heteroatoms. The number of halogens is 2. The SMILES string of the molecule is CC(C)CC1Sc2nnc(-c3n[nH]c4c3CCC4)n2N=C1c1ccc(Cl)c(Cl)c1. The highest BCUT2D eigenvalue weighted by Crippen LogP contribution is 2.38. The Labute approximate surface area is 183 Å². The second-order valence-electron chi connectivity index (χ2n) is 7.85. The molecule has 1 aliphatic heterocycles. The number of nitrogens with one attached hydrogen (secondary N) is 1. The van der Waals surface area contributed by atoms with Crippen molar-refractivity contribution in [3.05, 3.63) is 45.1 Å². The monoisotopic (exact) mass is 446 g/mol. The van der Waals surface area contributed by atoms with Gasteiger partial charge in [0.15, 0.2) is 0 Å². The van der Waals surface area contributed by atoms with E-state index in [1.165, 1.54) is 11.3 Å². The summed E-state index contributed by atoms with van der Waals surface area (Å²) in [5.41, 5.74) is 5.22. The number of aromatic amines is 1. The highest BCUT2D eigenvalue weighted by molar-refractivity contribution is 8.00. The molecule has 3 heterocycles. The number of H-pyrrole nitrogens is 1. The molecular weight excluding hydrogens is 427 g/mol. The Balaban J connectivity index is 1.63. The number of fused-ring (bicyclic) bond motifs is 2. The minimum atomic E-state index is 0.168. The van der Waals surface area contributed by atoms with Gasteiger partial charge in [-0.2, -0.15) is 14.9 Å². The molecule has 1 aliphatic carbocycles. The standard InChI is InChI=1S/C20H20Cl2N6S/c1-10(2)8-16-17(11-6-7-13(21)14(22)9-11)27-28-19(25-26-20(28)29-16)18-12-4-3-5-15(12)23-24-18/h6-7,9-10,16H,3-5,8H2,1-2H3,(H,23,24). The maximum absolute atomic E-state index is 6.30. The molecule has 29 heavy (non-hydrogen) atoms. The average Bonchev–Trinajstić information content (AvgIpc) is 3.38. The van der Waals surface area contributed by atoms with Gasteiger partial charge in [0.1, 0.15) is 5.69 Å². The number of hydrogen-bond acceptors (Lipinski definition) is 5. The molecule has 0 bridgehead atoms. The van der Waals surface area contributed by atoms with Crippen molar-refractivity contribution in [3.63, 3.8) is 0 Å². The van der Waals surface area contributed by atoms with E-state index in [0.29, 0.717) is 21.8 Å². The first kappa shape index (κ1) is 19.2. The summed E-state index contributed by atoms with van der Waals surface area (Å²) in [7, 11) is 0. The van der Waals surface area contributed by atoms with Crippen LogP contribution < -0.4 is 0 Å². The van der Waals surface area contributed by atoms with Crippen LogP contribution in [-0.2, 0) is 12.8 Å². The summed E-state index contributed by atoms with van der Waals surface area (Å²) in [6.45, 7) is 4.43. The summed E-state index contributed by atoms with van der Waals surface area (Å²) in [5.74, 6) is 1.21. The van der Waals surface area contributed by atoms with E-state index >= 15 is 0 Å². The maximum Gasteiger partial charge on any atom is 0.213 e. The fraction of sp³-hybridized carbons (Fsp3) is 0.400. The summed E-state index contributed by atoms with van der Waals surface area (Å²) < 4.78 is 1.83. The fourth-order valence-corrected chi connectivity index (χ4v) is 5.57. The number of rotatable bonds is 4. The number of benzene rings is 1. The van der Waals surface area contributed by atoms with E-state index in [2.05, 4.69) is 34.2 Å². The average molecular weight is 447 g/mol. The molecular formula is C20H20Cl2N6S. The smallest absolute Gasteiger partial charge is 0.213 e. The van der Waals surface area contributed by atoms with E-state index in [9.17, 15) is 0 Å². The van der Waals surface area contributed by atoms with Crippen LogP contribution >= 0.6 is 35.0 Å². The second-order valence-corrected chi connectivity index (χ2v) is 9.84. The first-order valence-electron chi connectivity index (χ1n) is 9.74. The Morgan fingerprint density at radius 1 is 1.21 bits per heavy atom. The van der Waals surface area contributed by atoms with Crippen LogP contribution in [0.1, 0.15) is 43.5 Å². The Morgan fingerprint density at radius 2 is 2.07 bits per heavy atom. The van der Waals surface area contributed by atoms with Gasteiger partial charge in [-0.3, -0.25) is 5.10 Å². The van der Waals surface area contributed by atoms with Gasteiger partial charge in [0.25, 0.3) is 0 Å². The third-order valence-electron chi connectivity index (χ3n) is 5.29. The topological polar surface area (TPSA) is 71.8 Å². The molecule has 0 fully saturated rings. The van der Waals surface area contributed by atoms with Crippen molar-refractivity contribution in [1.29, 1.82) is 0 Å². The lowest BCUT2D eigenvalue weighted by molar-refractivity contribution is 0.602. The predicted molar refractivity (Wildman–Crippen MR) is 117 cm³/mol. The van der Waals surface area contributed by atoms with Gasteiger partial charge in [0, 0.05) is 16.8 Å². The molecule has 0 amide bonds. The van der Waals surface area contributed by atoms with Crippen LogP contribution in [0, 0.1) is 5.92 Å². The van der Waals surface area contributed by atoms with Crippen LogP contribution in [0.3, 0.4) is 0 Å². The lowest BCUT2D eigenvalue weighted by Gasteiger charge is -2.24. The van der Waals surface area contributed by atoms with Crippen LogP contribution in [0.5, 0.6) is 0 Å². The molecule has 1 atom stereocenters. The summed E-state index contributed by atoms with van der Waals surface area (Å²) in [5, 5.41) is 23.6. The minimum Gasteiger partial charge on any atom is -0.282 e. The van der Waals surface area contributed by atoms with Crippen molar-refractivity contribution in [2.45, 2.75) is 49.9 Å². The van der Waals surface area contributed by atoms with Crippen molar-refractivity contribution in [2.75, 3.05) is 0 Å². The summed E-state index contributed by atoms with van der Waals surface area (Å²) in [6, 6.07) is 5.68. The summed E-state index contributed by atoms with van der Waals surface area (Å²) >= 11 is 14.1. The van der Waals surface area contributed by atoms with E-state index < -0.39 is 0 Å². The predicted octanol–water partition coefficient (Wildman–Crippen LogP) is 5.24. The van der Waals surface area contributed by atoms with Crippen molar-refractivity contribution < 1.29 is 0 Å². The molecule has 1 unspecified atom stereocenters. The third kappa shape index (κ3) is 3.39. The summed E-state index contributed by atoms with van der Waals surface area (Å²) in [6.07, 6.45) is 4.16. The number of nitrogens with zero attached hydrogens (tertiary/aromatic N) is 5. The molecule has 2 aromatic heterocycles. The maximum atomic E-state index is 6.30. The molecule has 1 aromatic carbocycles. The number of aryl methyl sites for hydroxylation is 1. The van der Waals surface area contributed by atoms with Crippen LogP contribution in [0.4, 0.5) is 0 Å². The first-order chi connectivity index (χ1) is 14.0. The van der Waals surface area contributed by atoms with Gasteiger partial charge in [-0.05, 0) is 43.7 Å². The first-order valence-corrected chi connectivity index (χ1v) is 11.4. The van der Waals surface area contributed by atoms with Gasteiger partial charge in [0.2, 0.25) is 11.0 Å². The van der Waals surface area contributed by atoms with Crippen molar-refractivity contribution >= 4 is 40.7 Å². The third-order valence-corrected chi connectivity index (χ3v) is 7.20. The molecule has 3 aromatic rings. The zero-order chi connectivity index (χ0) is 20.1. The Bertz CT molecular complexity index is 1120. The van der Waals surface area contributed by atoms with Gasteiger partial charge >= 0.3 is 0 Å². The van der Waals surface area contributed by atoms with E-state index in [0.717, 1.165) is 47.8 Å². The van der Waals surface area contributed by atoms with Crippen LogP contribution in [0.2, 0.25) is 10.0 Å². The molecule has 0 radical (unpaired) electrons. The van der Waals surface area contributed by atoms with E-state index in [1.807, 2.05) is 22.9 Å². The van der Waals surface area contributed by atoms with E-state index in [-0.39, 0.29) is 5.25 Å². The quantitative estimate of drug-likeness (QED) is 0.594. The van der Waals surface area contributed by atoms with Crippen LogP contribution in [0.15, 0.2) is 28.5 Å². The highest BCUT2D eigenvalue weighted by atomic mass is 35.5. The molecule has 0 saturated heterocycles. The van der Waals surface area contributed by atoms with Gasteiger partial charge in [0.05, 0.1) is 21.0 Å². The van der Waals surface area contributed by atoms with Crippen molar-refractivity contribution in [1.82, 2.24) is 25.1 Å².